The molecule has 1 amide bonds. The number of anilines is 2. The summed E-state index contributed by atoms with van der Waals surface area (Å²) in [6.45, 7) is 2.54. The van der Waals surface area contributed by atoms with Crippen LogP contribution in [0.4, 0.5) is 11.4 Å². The summed E-state index contributed by atoms with van der Waals surface area (Å²) in [7, 11) is 1.86. The van der Waals surface area contributed by atoms with Gasteiger partial charge in [0.15, 0.2) is 0 Å². The second-order valence-corrected chi connectivity index (χ2v) is 6.49. The van der Waals surface area contributed by atoms with E-state index in [1.165, 1.54) is 0 Å². The summed E-state index contributed by atoms with van der Waals surface area (Å²) < 4.78 is 1.72. The summed E-state index contributed by atoms with van der Waals surface area (Å²) in [5, 5.41) is 17.0. The summed E-state index contributed by atoms with van der Waals surface area (Å²) in [6.07, 6.45) is 5.84. The van der Waals surface area contributed by atoms with Crippen LogP contribution in [0, 0.1) is 0 Å². The van der Waals surface area contributed by atoms with E-state index in [4.69, 9.17) is 0 Å². The van der Waals surface area contributed by atoms with Crippen LogP contribution in [-0.4, -0.2) is 44.4 Å². The number of aryl methyl sites for hydroxylation is 1. The molecule has 0 aliphatic carbocycles. The van der Waals surface area contributed by atoms with Gasteiger partial charge < -0.3 is 15.3 Å². The first-order chi connectivity index (χ1) is 11.5. The number of amides is 1. The average Bonchev–Trinajstić information content (AvgIpc) is 3.15. The fraction of sp³-hybridized carbons (Fsp3) is 0.444. The van der Waals surface area contributed by atoms with Crippen molar-refractivity contribution in [2.75, 3.05) is 11.9 Å². The molecule has 3 rings (SSSR count). The third kappa shape index (κ3) is 3.76. The fourth-order valence-corrected chi connectivity index (χ4v) is 3.29. The highest BCUT2D eigenvalue weighted by Gasteiger charge is 2.30. The Morgan fingerprint density at radius 2 is 2.29 bits per heavy atom. The van der Waals surface area contributed by atoms with Crippen molar-refractivity contribution in [1.29, 1.82) is 0 Å². The van der Waals surface area contributed by atoms with Crippen molar-refractivity contribution < 1.29 is 9.90 Å². The maximum atomic E-state index is 12.8. The minimum Gasteiger partial charge on any atom is -0.393 e. The summed E-state index contributed by atoms with van der Waals surface area (Å²) in [6, 6.07) is 7.65. The van der Waals surface area contributed by atoms with Gasteiger partial charge in [-0.15, -0.1) is 0 Å². The molecule has 0 radical (unpaired) electrons. The molecule has 1 aliphatic heterocycles. The van der Waals surface area contributed by atoms with Crippen LogP contribution in [0.15, 0.2) is 36.7 Å². The molecule has 2 atom stereocenters. The molecule has 1 aromatic heterocycles. The molecule has 2 unspecified atom stereocenters. The van der Waals surface area contributed by atoms with Gasteiger partial charge in [0.05, 0.1) is 18.0 Å². The van der Waals surface area contributed by atoms with Gasteiger partial charge in [0.25, 0.3) is 5.91 Å². The summed E-state index contributed by atoms with van der Waals surface area (Å²) >= 11 is 0. The molecule has 0 spiro atoms. The standard InChI is InChI=1S/C18H24N4O2/c1-13(23)9-17-7-4-8-22(17)18(24)14-5-3-6-15(10-14)20-16-11-19-21(2)12-16/h3,5-6,10-13,17,20,23H,4,7-9H2,1-2H3. The predicted molar refractivity (Wildman–Crippen MR) is 93.3 cm³/mol. The molecule has 2 N–H and O–H groups in total. The highest BCUT2D eigenvalue weighted by molar-refractivity contribution is 5.95. The van der Waals surface area contributed by atoms with Crippen LogP contribution in [0.1, 0.15) is 36.5 Å². The van der Waals surface area contributed by atoms with Gasteiger partial charge in [0.2, 0.25) is 0 Å². The van der Waals surface area contributed by atoms with Crippen LogP contribution in [0.25, 0.3) is 0 Å². The molecule has 128 valence electrons. The molecule has 6 heteroatoms. The first-order valence-corrected chi connectivity index (χ1v) is 8.37. The SMILES string of the molecule is CC(O)CC1CCCN1C(=O)c1cccc(Nc2cnn(C)c2)c1. The number of aromatic nitrogens is 2. The molecule has 0 bridgehead atoms. The predicted octanol–water partition coefficient (Wildman–Crippen LogP) is 2.54. The molecular weight excluding hydrogens is 304 g/mol. The number of likely N-dealkylation sites (tertiary alicyclic amines) is 1. The van der Waals surface area contributed by atoms with Crippen molar-refractivity contribution in [3.05, 3.63) is 42.2 Å². The Labute approximate surface area is 142 Å². The fourth-order valence-electron chi connectivity index (χ4n) is 3.29. The lowest BCUT2D eigenvalue weighted by atomic mass is 10.1. The van der Waals surface area contributed by atoms with E-state index < -0.39 is 0 Å². The number of nitrogens with one attached hydrogen (secondary N) is 1. The highest BCUT2D eigenvalue weighted by Crippen LogP contribution is 2.25. The zero-order valence-electron chi connectivity index (χ0n) is 14.1. The number of rotatable bonds is 5. The number of carbonyl (C=O) groups excluding carboxylic acids is 1. The Morgan fingerprint density at radius 3 is 3.00 bits per heavy atom. The van der Waals surface area contributed by atoms with Crippen LogP contribution in [0.2, 0.25) is 0 Å². The van der Waals surface area contributed by atoms with Gasteiger partial charge in [-0.2, -0.15) is 5.10 Å². The molecule has 24 heavy (non-hydrogen) atoms. The van der Waals surface area contributed by atoms with Gasteiger partial charge in [-0.25, -0.2) is 0 Å². The van der Waals surface area contributed by atoms with E-state index in [1.807, 2.05) is 42.4 Å². The molecule has 1 aliphatic rings. The number of hydrogen-bond donors (Lipinski definition) is 2. The first-order valence-electron chi connectivity index (χ1n) is 8.37. The third-order valence-electron chi connectivity index (χ3n) is 4.35. The van der Waals surface area contributed by atoms with E-state index in [-0.39, 0.29) is 18.1 Å². The second kappa shape index (κ2) is 7.05. The van der Waals surface area contributed by atoms with Crippen LogP contribution in [-0.2, 0) is 7.05 Å². The summed E-state index contributed by atoms with van der Waals surface area (Å²) in [5.74, 6) is 0.0352. The van der Waals surface area contributed by atoms with Crippen molar-refractivity contribution in [2.24, 2.45) is 7.05 Å². The lowest BCUT2D eigenvalue weighted by molar-refractivity contribution is 0.0682. The molecule has 1 aromatic carbocycles. The van der Waals surface area contributed by atoms with Gasteiger partial charge in [-0.05, 0) is 44.4 Å². The van der Waals surface area contributed by atoms with Crippen molar-refractivity contribution in [3.63, 3.8) is 0 Å². The summed E-state index contributed by atoms with van der Waals surface area (Å²) in [4.78, 5) is 14.7. The zero-order chi connectivity index (χ0) is 17.1. The number of nitrogens with zero attached hydrogens (tertiary/aromatic N) is 3. The Bertz CT molecular complexity index is 711. The third-order valence-corrected chi connectivity index (χ3v) is 4.35. The quantitative estimate of drug-likeness (QED) is 0.885. The van der Waals surface area contributed by atoms with Gasteiger partial charge >= 0.3 is 0 Å². The molecule has 2 heterocycles. The van der Waals surface area contributed by atoms with Gasteiger partial charge in [0, 0.05) is 37.1 Å². The van der Waals surface area contributed by atoms with E-state index in [0.29, 0.717) is 12.0 Å². The number of aliphatic hydroxyl groups excluding tert-OH is 1. The molecule has 6 nitrogen and oxygen atoms in total. The average molecular weight is 328 g/mol. The normalized spacial score (nSPS) is 18.6. The minimum absolute atomic E-state index is 0.0352. The van der Waals surface area contributed by atoms with Gasteiger partial charge in [-0.1, -0.05) is 6.07 Å². The van der Waals surface area contributed by atoms with Gasteiger partial charge in [0.1, 0.15) is 0 Å². The zero-order valence-corrected chi connectivity index (χ0v) is 14.1. The number of hydrogen-bond acceptors (Lipinski definition) is 4. The first kappa shape index (κ1) is 16.5. The maximum Gasteiger partial charge on any atom is 0.254 e. The van der Waals surface area contributed by atoms with E-state index in [2.05, 4.69) is 10.4 Å². The smallest absolute Gasteiger partial charge is 0.254 e. The Kier molecular flexibility index (Phi) is 4.85. The number of carbonyl (C=O) groups is 1. The molecule has 0 saturated carbocycles. The van der Waals surface area contributed by atoms with Crippen molar-refractivity contribution in [3.8, 4) is 0 Å². The largest absolute Gasteiger partial charge is 0.393 e. The second-order valence-electron chi connectivity index (χ2n) is 6.49. The Morgan fingerprint density at radius 1 is 1.46 bits per heavy atom. The lowest BCUT2D eigenvalue weighted by Gasteiger charge is -2.26. The monoisotopic (exact) mass is 328 g/mol. The van der Waals surface area contributed by atoms with E-state index in [1.54, 1.807) is 17.8 Å². The van der Waals surface area contributed by atoms with Crippen molar-refractivity contribution in [2.45, 2.75) is 38.3 Å². The van der Waals surface area contributed by atoms with Crippen LogP contribution >= 0.6 is 0 Å². The topological polar surface area (TPSA) is 70.4 Å². The highest BCUT2D eigenvalue weighted by atomic mass is 16.3. The van der Waals surface area contributed by atoms with Crippen LogP contribution in [0.5, 0.6) is 0 Å². The van der Waals surface area contributed by atoms with E-state index in [9.17, 15) is 9.90 Å². The lowest BCUT2D eigenvalue weighted by Crippen LogP contribution is -2.37. The minimum atomic E-state index is -0.387. The maximum absolute atomic E-state index is 12.8. The van der Waals surface area contributed by atoms with Crippen molar-refractivity contribution >= 4 is 17.3 Å². The van der Waals surface area contributed by atoms with Crippen LogP contribution in [0.3, 0.4) is 0 Å². The molecular formula is C18H24N4O2. The Balaban J connectivity index is 1.74. The molecule has 1 fully saturated rings. The van der Waals surface area contributed by atoms with E-state index in [0.717, 1.165) is 30.8 Å². The molecule has 2 aromatic rings. The van der Waals surface area contributed by atoms with Crippen LogP contribution < -0.4 is 5.32 Å². The summed E-state index contributed by atoms with van der Waals surface area (Å²) in [5.41, 5.74) is 2.41. The number of benzene rings is 1. The van der Waals surface area contributed by atoms with Gasteiger partial charge in [-0.3, -0.25) is 9.48 Å². The van der Waals surface area contributed by atoms with E-state index >= 15 is 0 Å². The Hall–Kier alpha value is -2.34. The molecule has 1 saturated heterocycles. The van der Waals surface area contributed by atoms with Crippen molar-refractivity contribution in [1.82, 2.24) is 14.7 Å². The number of aliphatic hydroxyl groups is 1.